The Balaban J connectivity index is 4.34. The minimum Gasteiger partial charge on any atom is -0.464 e. The maximum absolute atomic E-state index is 13.0. The van der Waals surface area contributed by atoms with Crippen molar-refractivity contribution in [3.63, 3.8) is 0 Å². The Morgan fingerprint density at radius 3 is 1.36 bits per heavy atom. The molecule has 42 heavy (non-hydrogen) atoms. The van der Waals surface area contributed by atoms with Crippen molar-refractivity contribution in [3.8, 4) is 0 Å². The number of carbonyl (C=O) groups is 3. The minimum absolute atomic E-state index is 0.0343. The van der Waals surface area contributed by atoms with Crippen LogP contribution in [0.25, 0.3) is 0 Å². The van der Waals surface area contributed by atoms with Gasteiger partial charge in [-0.05, 0) is 12.8 Å². The first-order valence-electron chi connectivity index (χ1n) is 17.0. The smallest absolute Gasteiger partial charge is 0.305 e. The van der Waals surface area contributed by atoms with Crippen LogP contribution in [0.3, 0.4) is 0 Å². The predicted octanol–water partition coefficient (Wildman–Crippen LogP) is 5.69. The van der Waals surface area contributed by atoms with E-state index < -0.39 is 18.6 Å². The lowest BCUT2D eigenvalue weighted by Crippen LogP contribution is -2.51. The summed E-state index contributed by atoms with van der Waals surface area (Å²) in [6.45, 7) is 4.32. The van der Waals surface area contributed by atoms with Crippen molar-refractivity contribution in [3.05, 3.63) is 0 Å². The Bertz CT molecular complexity index is 608. The van der Waals surface area contributed by atoms with E-state index in [1.54, 1.807) is 0 Å². The van der Waals surface area contributed by atoms with Crippen molar-refractivity contribution < 1.29 is 34.1 Å². The van der Waals surface area contributed by atoms with Gasteiger partial charge in [0, 0.05) is 19.4 Å². The van der Waals surface area contributed by atoms with Crippen molar-refractivity contribution in [2.75, 3.05) is 46.1 Å². The molecular weight excluding hydrogens is 536 g/mol. The number of nitrogens with one attached hydrogen (secondary N) is 1. The first kappa shape index (κ1) is 40.3. The molecule has 248 valence electrons. The van der Waals surface area contributed by atoms with Crippen molar-refractivity contribution in [1.82, 2.24) is 10.2 Å². The summed E-state index contributed by atoms with van der Waals surface area (Å²) < 4.78 is 10.7. The monoisotopic (exact) mass is 600 g/mol. The molecule has 0 aromatic heterocycles. The molecule has 0 aliphatic carbocycles. The molecule has 0 radical (unpaired) electrons. The fourth-order valence-electron chi connectivity index (χ4n) is 4.86. The molecule has 9 heteroatoms. The van der Waals surface area contributed by atoms with Crippen molar-refractivity contribution in [2.45, 2.75) is 148 Å². The molecule has 0 bridgehead atoms. The summed E-state index contributed by atoms with van der Waals surface area (Å²) in [5.74, 6) is -0.958. The zero-order chi connectivity index (χ0) is 31.1. The molecule has 0 aromatic rings. The van der Waals surface area contributed by atoms with E-state index in [2.05, 4.69) is 19.2 Å². The third kappa shape index (κ3) is 24.8. The van der Waals surface area contributed by atoms with Crippen LogP contribution in [-0.4, -0.2) is 85.1 Å². The molecule has 0 rings (SSSR count). The molecule has 1 atom stereocenters. The van der Waals surface area contributed by atoms with Crippen LogP contribution >= 0.6 is 0 Å². The second kappa shape index (κ2) is 30.7. The van der Waals surface area contributed by atoms with Crippen molar-refractivity contribution >= 4 is 17.8 Å². The van der Waals surface area contributed by atoms with Gasteiger partial charge in [0.05, 0.1) is 26.3 Å². The molecule has 0 saturated carbocycles. The van der Waals surface area contributed by atoms with E-state index >= 15 is 0 Å². The second-order valence-corrected chi connectivity index (χ2v) is 11.3. The van der Waals surface area contributed by atoms with Gasteiger partial charge in [0.15, 0.2) is 0 Å². The summed E-state index contributed by atoms with van der Waals surface area (Å²) in [6.07, 6.45) is 21.8. The molecule has 9 nitrogen and oxygen atoms in total. The molecule has 0 aliphatic heterocycles. The summed E-state index contributed by atoms with van der Waals surface area (Å²) >= 11 is 0. The van der Waals surface area contributed by atoms with Gasteiger partial charge >= 0.3 is 11.9 Å². The normalized spacial score (nSPS) is 11.8. The first-order chi connectivity index (χ1) is 20.5. The summed E-state index contributed by atoms with van der Waals surface area (Å²) in [7, 11) is 0. The lowest BCUT2D eigenvalue weighted by atomic mass is 10.1. The number of unbranched alkanes of at least 4 members (excludes halogenated alkanes) is 16. The average Bonchev–Trinajstić information content (AvgIpc) is 2.98. The molecular formula is C33H64N2O7. The number of aliphatic hydroxyl groups is 2. The average molecular weight is 601 g/mol. The van der Waals surface area contributed by atoms with Gasteiger partial charge in [-0.25, -0.2) is 0 Å². The van der Waals surface area contributed by atoms with E-state index in [4.69, 9.17) is 14.6 Å². The number of rotatable bonds is 31. The molecule has 1 amide bonds. The number of carbonyl (C=O) groups excluding carboxylic acids is 3. The van der Waals surface area contributed by atoms with E-state index in [0.717, 1.165) is 38.5 Å². The number of amides is 1. The van der Waals surface area contributed by atoms with Gasteiger partial charge in [-0.2, -0.15) is 0 Å². The fourth-order valence-corrected chi connectivity index (χ4v) is 4.86. The van der Waals surface area contributed by atoms with Crippen LogP contribution in [0.15, 0.2) is 0 Å². The summed E-state index contributed by atoms with van der Waals surface area (Å²) in [4.78, 5) is 38.8. The quantitative estimate of drug-likeness (QED) is 0.0685. The number of nitrogens with zero attached hydrogens (tertiary/aromatic N) is 1. The third-order valence-electron chi connectivity index (χ3n) is 7.51. The SMILES string of the molecule is CCCCCCCCCCCC(=O)OCCN(CCOC(=O)CCCCCCCCCCC)C(=O)C(CO)NCCO. The van der Waals surface area contributed by atoms with E-state index in [-0.39, 0.29) is 51.4 Å². The van der Waals surface area contributed by atoms with Crippen molar-refractivity contribution in [1.29, 1.82) is 0 Å². The number of hydrogen-bond donors (Lipinski definition) is 3. The predicted molar refractivity (Wildman–Crippen MR) is 168 cm³/mol. The van der Waals surface area contributed by atoms with Gasteiger partial charge in [-0.1, -0.05) is 117 Å². The topological polar surface area (TPSA) is 125 Å². The maximum atomic E-state index is 13.0. The zero-order valence-electron chi connectivity index (χ0n) is 27.1. The van der Waals surface area contributed by atoms with E-state index in [1.165, 1.54) is 81.9 Å². The van der Waals surface area contributed by atoms with Crippen LogP contribution in [0.1, 0.15) is 142 Å². The number of esters is 2. The van der Waals surface area contributed by atoms with E-state index in [0.29, 0.717) is 12.8 Å². The molecule has 0 spiro atoms. The van der Waals surface area contributed by atoms with Crippen molar-refractivity contribution in [2.24, 2.45) is 0 Å². The van der Waals surface area contributed by atoms with Crippen LogP contribution in [0.2, 0.25) is 0 Å². The van der Waals surface area contributed by atoms with Gasteiger partial charge in [0.2, 0.25) is 5.91 Å². The van der Waals surface area contributed by atoms with Crippen LogP contribution in [-0.2, 0) is 23.9 Å². The summed E-state index contributed by atoms with van der Waals surface area (Å²) in [5, 5.41) is 21.5. The van der Waals surface area contributed by atoms with E-state index in [1.807, 2.05) is 0 Å². The Kier molecular flexibility index (Phi) is 29.5. The van der Waals surface area contributed by atoms with Crippen LogP contribution < -0.4 is 5.32 Å². The summed E-state index contributed by atoms with van der Waals surface area (Å²) in [5.41, 5.74) is 0. The molecule has 0 fully saturated rings. The van der Waals surface area contributed by atoms with Crippen LogP contribution in [0.5, 0.6) is 0 Å². The Hall–Kier alpha value is -1.71. The molecule has 3 N–H and O–H groups in total. The first-order valence-corrected chi connectivity index (χ1v) is 17.0. The van der Waals surface area contributed by atoms with Gasteiger partial charge in [0.25, 0.3) is 0 Å². The third-order valence-corrected chi connectivity index (χ3v) is 7.51. The highest BCUT2D eigenvalue weighted by Gasteiger charge is 2.24. The zero-order valence-corrected chi connectivity index (χ0v) is 27.1. The maximum Gasteiger partial charge on any atom is 0.305 e. The lowest BCUT2D eigenvalue weighted by molar-refractivity contribution is -0.148. The standard InChI is InChI=1S/C33H64N2O7/c1-3-5-7-9-11-13-15-17-19-21-31(38)41-27-24-35(33(40)30(29-37)34-23-26-36)25-28-42-32(39)22-20-18-16-14-12-10-8-6-4-2/h30,34,36-37H,3-29H2,1-2H3. The number of ether oxygens (including phenoxy) is 2. The highest BCUT2D eigenvalue weighted by molar-refractivity contribution is 5.82. The van der Waals surface area contributed by atoms with E-state index in [9.17, 15) is 19.5 Å². The minimum atomic E-state index is -0.896. The lowest BCUT2D eigenvalue weighted by Gasteiger charge is -2.27. The highest BCUT2D eigenvalue weighted by atomic mass is 16.5. The molecule has 0 heterocycles. The summed E-state index contributed by atoms with van der Waals surface area (Å²) in [6, 6.07) is -0.896. The number of aliphatic hydroxyl groups excluding tert-OH is 2. The second-order valence-electron chi connectivity index (χ2n) is 11.3. The van der Waals surface area contributed by atoms with Gasteiger partial charge < -0.3 is 29.9 Å². The Morgan fingerprint density at radius 1 is 0.619 bits per heavy atom. The Morgan fingerprint density at radius 2 is 1.00 bits per heavy atom. The van der Waals surface area contributed by atoms with Crippen LogP contribution in [0.4, 0.5) is 0 Å². The highest BCUT2D eigenvalue weighted by Crippen LogP contribution is 2.12. The molecule has 0 aromatic carbocycles. The van der Waals surface area contributed by atoms with Gasteiger partial charge in [0.1, 0.15) is 19.3 Å². The van der Waals surface area contributed by atoms with Gasteiger partial charge in [-0.15, -0.1) is 0 Å². The largest absolute Gasteiger partial charge is 0.464 e. The van der Waals surface area contributed by atoms with Gasteiger partial charge in [-0.3, -0.25) is 14.4 Å². The Labute approximate surface area is 256 Å². The molecule has 0 saturated heterocycles. The molecule has 1 unspecified atom stereocenters. The fraction of sp³-hybridized carbons (Fsp3) is 0.909. The number of hydrogen-bond acceptors (Lipinski definition) is 8. The molecule has 0 aliphatic rings. The van der Waals surface area contributed by atoms with Crippen LogP contribution in [0, 0.1) is 0 Å².